The summed E-state index contributed by atoms with van der Waals surface area (Å²) >= 11 is 0. The highest BCUT2D eigenvalue weighted by Gasteiger charge is 2.31. The summed E-state index contributed by atoms with van der Waals surface area (Å²) in [5.41, 5.74) is 1.85. The van der Waals surface area contributed by atoms with E-state index in [9.17, 15) is 27.9 Å². The lowest BCUT2D eigenvalue weighted by atomic mass is 10.0. The summed E-state index contributed by atoms with van der Waals surface area (Å²) in [4.78, 5) is 29.3. The maximum absolute atomic E-state index is 13.4. The van der Waals surface area contributed by atoms with Gasteiger partial charge in [-0.1, -0.05) is 37.3 Å². The van der Waals surface area contributed by atoms with Crippen LogP contribution in [0.1, 0.15) is 37.8 Å². The molecule has 0 aromatic heterocycles. The Bertz CT molecular complexity index is 1420. The van der Waals surface area contributed by atoms with Crippen molar-refractivity contribution in [3.05, 3.63) is 83.9 Å². The van der Waals surface area contributed by atoms with Crippen LogP contribution in [0.25, 0.3) is 0 Å². The number of likely N-dealkylation sites (N-methyl/N-ethyl adjacent to an activating group) is 1. The highest BCUT2D eigenvalue weighted by atomic mass is 19.4. The molecule has 0 unspecified atom stereocenters. The average Bonchev–Trinajstić information content (AvgIpc) is 3.04. The molecule has 3 atom stereocenters. The van der Waals surface area contributed by atoms with Gasteiger partial charge in [0.2, 0.25) is 11.8 Å². The summed E-state index contributed by atoms with van der Waals surface area (Å²) in [5.74, 6) is 0.846. The van der Waals surface area contributed by atoms with Crippen molar-refractivity contribution in [3.8, 4) is 17.2 Å². The number of alkyl halides is 3. The van der Waals surface area contributed by atoms with E-state index >= 15 is 0 Å². The fraction of sp³-hybridized carbons (Fsp3) is 0.412. The largest absolute Gasteiger partial charge is 0.488 e. The molecule has 0 fully saturated rings. The third kappa shape index (κ3) is 10.2. The molecule has 0 radical (unpaired) electrons. The smallest absolute Gasteiger partial charge is 0.389 e. The molecule has 1 aliphatic rings. The van der Waals surface area contributed by atoms with Gasteiger partial charge in [-0.05, 0) is 62.0 Å². The molecule has 0 aliphatic carbocycles. The number of aliphatic hydroxyl groups excluding tert-OH is 1. The van der Waals surface area contributed by atoms with E-state index in [1.807, 2.05) is 68.6 Å². The fourth-order valence-corrected chi connectivity index (χ4v) is 5.17. The van der Waals surface area contributed by atoms with Gasteiger partial charge in [0.15, 0.2) is 0 Å². The van der Waals surface area contributed by atoms with Crippen molar-refractivity contribution >= 4 is 17.5 Å². The molecule has 2 N–H and O–H groups in total. The Kier molecular flexibility index (Phi) is 11.5. The van der Waals surface area contributed by atoms with Crippen molar-refractivity contribution in [2.45, 2.75) is 58.0 Å². The molecular formula is C34H40F3N3O5. The quantitative estimate of drug-likeness (QED) is 0.270. The van der Waals surface area contributed by atoms with Gasteiger partial charge in [0, 0.05) is 43.2 Å². The fourth-order valence-electron chi connectivity index (χ4n) is 5.17. The van der Waals surface area contributed by atoms with E-state index in [2.05, 4.69) is 10.2 Å². The first kappa shape index (κ1) is 33.8. The standard InChI is InChI=1S/C34H40F3N3O5/c1-23-19-40(24(2)22-41)33(43)18-26-17-27(38-32(42)15-16-34(35,36)37)11-14-30(26)45-31(23)21-39(3)20-25-9-12-29(13-10-25)44-28-7-5-4-6-8-28/h4-14,17,23-24,31,41H,15-16,18-22H2,1-3H3,(H,38,42)/t23-,24-,31-/m1/s1. The summed E-state index contributed by atoms with van der Waals surface area (Å²) < 4.78 is 50.2. The summed E-state index contributed by atoms with van der Waals surface area (Å²) in [6, 6.07) is 21.7. The first-order chi connectivity index (χ1) is 21.4. The number of carbonyl (C=O) groups is 2. The Morgan fingerprint density at radius 3 is 2.47 bits per heavy atom. The molecule has 1 aliphatic heterocycles. The van der Waals surface area contributed by atoms with Crippen molar-refractivity contribution in [1.29, 1.82) is 0 Å². The van der Waals surface area contributed by atoms with E-state index in [-0.39, 0.29) is 36.6 Å². The Balaban J connectivity index is 1.49. The van der Waals surface area contributed by atoms with Crippen LogP contribution >= 0.6 is 0 Å². The van der Waals surface area contributed by atoms with Crippen LogP contribution in [0, 0.1) is 5.92 Å². The van der Waals surface area contributed by atoms with Gasteiger partial charge in [0.1, 0.15) is 23.4 Å². The molecular weight excluding hydrogens is 587 g/mol. The van der Waals surface area contributed by atoms with Crippen LogP contribution in [0.2, 0.25) is 0 Å². The molecule has 4 rings (SSSR count). The lowest BCUT2D eigenvalue weighted by Crippen LogP contribution is -2.47. The minimum Gasteiger partial charge on any atom is -0.488 e. The van der Waals surface area contributed by atoms with Crippen molar-refractivity contribution in [1.82, 2.24) is 9.80 Å². The van der Waals surface area contributed by atoms with Crippen molar-refractivity contribution in [3.63, 3.8) is 0 Å². The molecule has 0 saturated carbocycles. The number of para-hydroxylation sites is 1. The number of anilines is 1. The molecule has 2 amide bonds. The monoisotopic (exact) mass is 627 g/mol. The molecule has 3 aromatic rings. The molecule has 242 valence electrons. The molecule has 0 bridgehead atoms. The van der Waals surface area contributed by atoms with Crippen LogP contribution in [0.15, 0.2) is 72.8 Å². The Hall–Kier alpha value is -4.09. The number of ether oxygens (including phenoxy) is 2. The lowest BCUT2D eigenvalue weighted by Gasteiger charge is -2.34. The lowest BCUT2D eigenvalue weighted by molar-refractivity contribution is -0.142. The minimum absolute atomic E-state index is 0.0569. The van der Waals surface area contributed by atoms with Crippen LogP contribution in [-0.4, -0.2) is 71.8 Å². The van der Waals surface area contributed by atoms with Crippen molar-refractivity contribution in [2.75, 3.05) is 32.1 Å². The van der Waals surface area contributed by atoms with E-state index in [0.29, 0.717) is 30.9 Å². The number of hydrogen-bond donors (Lipinski definition) is 2. The average molecular weight is 628 g/mol. The number of rotatable bonds is 11. The number of halogens is 3. The molecule has 45 heavy (non-hydrogen) atoms. The summed E-state index contributed by atoms with van der Waals surface area (Å²) in [7, 11) is 1.98. The van der Waals surface area contributed by atoms with Gasteiger partial charge in [-0.2, -0.15) is 13.2 Å². The molecule has 3 aromatic carbocycles. The molecule has 0 saturated heterocycles. The number of fused-ring (bicyclic) bond motifs is 1. The van der Waals surface area contributed by atoms with E-state index in [1.165, 1.54) is 0 Å². The summed E-state index contributed by atoms with van der Waals surface area (Å²) in [6.45, 7) is 5.07. The third-order valence-corrected chi connectivity index (χ3v) is 7.68. The third-order valence-electron chi connectivity index (χ3n) is 7.68. The maximum atomic E-state index is 13.4. The number of carbonyl (C=O) groups excluding carboxylic acids is 2. The first-order valence-electron chi connectivity index (χ1n) is 15.0. The van der Waals surface area contributed by atoms with E-state index in [0.717, 1.165) is 17.1 Å². The van der Waals surface area contributed by atoms with Crippen LogP contribution in [0.4, 0.5) is 18.9 Å². The van der Waals surface area contributed by atoms with Crippen LogP contribution < -0.4 is 14.8 Å². The van der Waals surface area contributed by atoms with Gasteiger partial charge in [-0.25, -0.2) is 0 Å². The number of nitrogens with zero attached hydrogens (tertiary/aromatic N) is 2. The van der Waals surface area contributed by atoms with Gasteiger partial charge < -0.3 is 24.8 Å². The number of nitrogens with one attached hydrogen (secondary N) is 1. The van der Waals surface area contributed by atoms with Gasteiger partial charge in [0.05, 0.1) is 25.5 Å². The highest BCUT2D eigenvalue weighted by Crippen LogP contribution is 2.30. The second kappa shape index (κ2) is 15.3. The normalized spacial score (nSPS) is 17.9. The number of aliphatic hydroxyl groups is 1. The van der Waals surface area contributed by atoms with Crippen molar-refractivity contribution in [2.24, 2.45) is 5.92 Å². The zero-order valence-electron chi connectivity index (χ0n) is 25.7. The SMILES string of the molecule is C[C@@H]1CN([C@H](C)CO)C(=O)Cc2cc(NC(=O)CCC(F)(F)F)ccc2O[C@@H]1CN(C)Cc1ccc(Oc2ccccc2)cc1. The Labute approximate surface area is 261 Å². The molecule has 0 spiro atoms. The Morgan fingerprint density at radius 1 is 1.11 bits per heavy atom. The van der Waals surface area contributed by atoms with Crippen LogP contribution in [0.5, 0.6) is 17.2 Å². The van der Waals surface area contributed by atoms with E-state index in [4.69, 9.17) is 9.47 Å². The predicted octanol–water partition coefficient (Wildman–Crippen LogP) is 6.04. The highest BCUT2D eigenvalue weighted by molar-refractivity contribution is 5.91. The maximum Gasteiger partial charge on any atom is 0.389 e. The van der Waals surface area contributed by atoms with Gasteiger partial charge >= 0.3 is 6.18 Å². The first-order valence-corrected chi connectivity index (χ1v) is 15.0. The molecule has 1 heterocycles. The summed E-state index contributed by atoms with van der Waals surface area (Å²) in [6.07, 6.45) is -6.77. The Morgan fingerprint density at radius 2 is 1.80 bits per heavy atom. The second-order valence-electron chi connectivity index (χ2n) is 11.6. The number of amides is 2. The molecule has 8 nitrogen and oxygen atoms in total. The van der Waals surface area contributed by atoms with Gasteiger partial charge in [0.25, 0.3) is 0 Å². The summed E-state index contributed by atoms with van der Waals surface area (Å²) in [5, 5.41) is 12.4. The van der Waals surface area contributed by atoms with Gasteiger partial charge in [-0.15, -0.1) is 0 Å². The second-order valence-corrected chi connectivity index (χ2v) is 11.6. The number of benzene rings is 3. The van der Waals surface area contributed by atoms with E-state index in [1.54, 1.807) is 30.0 Å². The van der Waals surface area contributed by atoms with Crippen molar-refractivity contribution < 1.29 is 37.3 Å². The zero-order chi connectivity index (χ0) is 32.6. The topological polar surface area (TPSA) is 91.3 Å². The van der Waals surface area contributed by atoms with E-state index < -0.39 is 31.0 Å². The zero-order valence-corrected chi connectivity index (χ0v) is 25.7. The predicted molar refractivity (Wildman–Crippen MR) is 165 cm³/mol. The number of hydrogen-bond acceptors (Lipinski definition) is 6. The van der Waals surface area contributed by atoms with Crippen LogP contribution in [0.3, 0.4) is 0 Å². The van der Waals surface area contributed by atoms with Crippen LogP contribution in [-0.2, 0) is 22.6 Å². The minimum atomic E-state index is -4.44. The van der Waals surface area contributed by atoms with Gasteiger partial charge in [-0.3, -0.25) is 14.5 Å². The molecule has 11 heteroatoms.